The molecule has 0 unspecified atom stereocenters. The van der Waals surface area contributed by atoms with Gasteiger partial charge in [-0.05, 0) is 24.3 Å². The van der Waals surface area contributed by atoms with Crippen molar-refractivity contribution in [3.63, 3.8) is 0 Å². The smallest absolute Gasteiger partial charge is 0.254 e. The fraction of sp³-hybridized carbons (Fsp3) is 0.300. The number of nitrogens with zero attached hydrogens (tertiary/aromatic N) is 3. The van der Waals surface area contributed by atoms with Gasteiger partial charge < -0.3 is 5.32 Å². The van der Waals surface area contributed by atoms with Crippen molar-refractivity contribution in [2.24, 2.45) is 0 Å². The molecule has 0 radical (unpaired) electrons. The lowest BCUT2D eigenvalue weighted by Gasteiger charge is -2.14. The van der Waals surface area contributed by atoms with Crippen molar-refractivity contribution in [1.29, 1.82) is 0 Å². The summed E-state index contributed by atoms with van der Waals surface area (Å²) in [5.41, 5.74) is 2.41. The maximum absolute atomic E-state index is 12.3. The van der Waals surface area contributed by atoms with E-state index in [4.69, 9.17) is 11.6 Å². The number of carbonyl (C=O) groups is 1. The second-order valence-electron chi connectivity index (χ2n) is 7.18. The average molecular weight is 401 g/mol. The number of nitrogens with one attached hydrogen (secondary N) is 1. The highest BCUT2D eigenvalue weighted by Crippen LogP contribution is 2.24. The molecule has 2 aromatic heterocycles. The van der Waals surface area contributed by atoms with E-state index in [-0.39, 0.29) is 11.3 Å². The highest BCUT2D eigenvalue weighted by Gasteiger charge is 2.17. The third-order valence-electron chi connectivity index (χ3n) is 3.96. The average Bonchev–Trinajstić information content (AvgIpc) is 3.12. The van der Waals surface area contributed by atoms with Crippen molar-refractivity contribution < 1.29 is 4.79 Å². The van der Waals surface area contributed by atoms with Gasteiger partial charge in [-0.1, -0.05) is 32.4 Å². The van der Waals surface area contributed by atoms with E-state index in [2.05, 4.69) is 46.4 Å². The fourth-order valence-electron chi connectivity index (χ4n) is 2.35. The van der Waals surface area contributed by atoms with Crippen LogP contribution in [0.25, 0.3) is 11.4 Å². The molecule has 7 heteroatoms. The summed E-state index contributed by atoms with van der Waals surface area (Å²) in [7, 11) is 0. The first-order chi connectivity index (χ1) is 12.8. The number of rotatable bonds is 5. The maximum atomic E-state index is 12.3. The molecule has 0 aliphatic rings. The number of amides is 1. The molecule has 0 spiro atoms. The first-order valence-corrected chi connectivity index (χ1v) is 9.90. The molecule has 1 amide bonds. The largest absolute Gasteiger partial charge is 0.352 e. The zero-order chi connectivity index (χ0) is 19.4. The van der Waals surface area contributed by atoms with Gasteiger partial charge in [-0.25, -0.2) is 15.0 Å². The molecule has 2 heterocycles. The number of hydrogen-bond donors (Lipinski definition) is 1. The Morgan fingerprint density at radius 1 is 1.15 bits per heavy atom. The van der Waals surface area contributed by atoms with Gasteiger partial charge in [-0.3, -0.25) is 4.79 Å². The summed E-state index contributed by atoms with van der Waals surface area (Å²) in [6.07, 6.45) is 3.77. The van der Waals surface area contributed by atoms with Crippen molar-refractivity contribution in [3.05, 3.63) is 63.3 Å². The van der Waals surface area contributed by atoms with Crippen molar-refractivity contribution in [3.8, 4) is 11.4 Å². The van der Waals surface area contributed by atoms with Gasteiger partial charge in [-0.2, -0.15) is 0 Å². The van der Waals surface area contributed by atoms with Gasteiger partial charge in [0, 0.05) is 46.7 Å². The third-order valence-corrected chi connectivity index (χ3v) is 5.12. The first-order valence-electron chi connectivity index (χ1n) is 8.64. The molecule has 140 valence electrons. The van der Waals surface area contributed by atoms with Crippen molar-refractivity contribution in [2.45, 2.75) is 32.6 Å². The van der Waals surface area contributed by atoms with Crippen LogP contribution in [0, 0.1) is 0 Å². The van der Waals surface area contributed by atoms with Crippen LogP contribution in [0.3, 0.4) is 0 Å². The lowest BCUT2D eigenvalue weighted by Crippen LogP contribution is -2.26. The quantitative estimate of drug-likeness (QED) is 0.683. The maximum Gasteiger partial charge on any atom is 0.254 e. The molecule has 0 aliphatic carbocycles. The summed E-state index contributed by atoms with van der Waals surface area (Å²) in [5, 5.41) is 6.66. The minimum atomic E-state index is -0.190. The van der Waals surface area contributed by atoms with E-state index in [1.807, 2.05) is 12.1 Å². The van der Waals surface area contributed by atoms with E-state index < -0.39 is 0 Å². The van der Waals surface area contributed by atoms with Crippen LogP contribution in [0.5, 0.6) is 0 Å². The number of benzene rings is 1. The van der Waals surface area contributed by atoms with Gasteiger partial charge in [0.25, 0.3) is 5.91 Å². The third kappa shape index (κ3) is 5.11. The highest BCUT2D eigenvalue weighted by atomic mass is 35.5. The van der Waals surface area contributed by atoms with Gasteiger partial charge >= 0.3 is 0 Å². The number of halogens is 1. The van der Waals surface area contributed by atoms with Gasteiger partial charge in [-0.15, -0.1) is 11.3 Å². The van der Waals surface area contributed by atoms with Crippen LogP contribution in [0.15, 0.2) is 42.0 Å². The van der Waals surface area contributed by atoms with Crippen LogP contribution in [-0.2, 0) is 11.8 Å². The summed E-state index contributed by atoms with van der Waals surface area (Å²) in [5.74, 6) is 0.367. The van der Waals surface area contributed by atoms with Crippen LogP contribution in [-0.4, -0.2) is 27.4 Å². The summed E-state index contributed by atoms with van der Waals surface area (Å²) in [6.45, 7) is 6.94. The lowest BCUT2D eigenvalue weighted by molar-refractivity contribution is 0.0953. The zero-order valence-electron chi connectivity index (χ0n) is 15.5. The normalized spacial score (nSPS) is 11.4. The van der Waals surface area contributed by atoms with Crippen LogP contribution < -0.4 is 5.32 Å². The predicted octanol–water partition coefficient (Wildman–Crippen LogP) is 4.52. The van der Waals surface area contributed by atoms with E-state index in [1.165, 1.54) is 12.4 Å². The minimum Gasteiger partial charge on any atom is -0.352 e. The van der Waals surface area contributed by atoms with E-state index in [9.17, 15) is 4.79 Å². The Labute approximate surface area is 167 Å². The summed E-state index contributed by atoms with van der Waals surface area (Å²) in [6, 6.07) is 7.25. The summed E-state index contributed by atoms with van der Waals surface area (Å²) >= 11 is 7.51. The Kier molecular flexibility index (Phi) is 5.87. The van der Waals surface area contributed by atoms with Crippen LogP contribution >= 0.6 is 22.9 Å². The molecular weight excluding hydrogens is 380 g/mol. The first kappa shape index (κ1) is 19.5. The van der Waals surface area contributed by atoms with Gasteiger partial charge in [0.15, 0.2) is 5.82 Å². The van der Waals surface area contributed by atoms with Gasteiger partial charge in [0.05, 0.1) is 16.3 Å². The van der Waals surface area contributed by atoms with Crippen molar-refractivity contribution >= 4 is 28.8 Å². The van der Waals surface area contributed by atoms with E-state index in [0.717, 1.165) is 16.3 Å². The van der Waals surface area contributed by atoms with E-state index >= 15 is 0 Å². The highest BCUT2D eigenvalue weighted by molar-refractivity contribution is 7.09. The van der Waals surface area contributed by atoms with E-state index in [1.54, 1.807) is 23.5 Å². The predicted molar refractivity (Wildman–Crippen MR) is 109 cm³/mol. The van der Waals surface area contributed by atoms with Gasteiger partial charge in [0.2, 0.25) is 0 Å². The Balaban J connectivity index is 1.55. The zero-order valence-corrected chi connectivity index (χ0v) is 17.1. The SMILES string of the molecule is CC(C)(C)c1csc(CCNC(=O)c2cnc(-c3ccc(Cl)cc3)nc2)n1. The van der Waals surface area contributed by atoms with Crippen LogP contribution in [0.2, 0.25) is 5.02 Å². The monoisotopic (exact) mass is 400 g/mol. The van der Waals surface area contributed by atoms with Crippen LogP contribution in [0.1, 0.15) is 41.8 Å². The number of hydrogen-bond acceptors (Lipinski definition) is 5. The Hall–Kier alpha value is -2.31. The second kappa shape index (κ2) is 8.15. The Morgan fingerprint density at radius 3 is 2.41 bits per heavy atom. The minimum absolute atomic E-state index is 0.0428. The van der Waals surface area contributed by atoms with Crippen LogP contribution in [0.4, 0.5) is 0 Å². The number of thiazole rings is 1. The second-order valence-corrected chi connectivity index (χ2v) is 8.56. The van der Waals surface area contributed by atoms with Crippen molar-refractivity contribution in [2.75, 3.05) is 6.54 Å². The fourth-order valence-corrected chi connectivity index (χ4v) is 3.50. The molecule has 27 heavy (non-hydrogen) atoms. The standard InChI is InChI=1S/C20H21ClN4OS/c1-20(2,3)16-12-27-17(25-16)8-9-22-19(26)14-10-23-18(24-11-14)13-4-6-15(21)7-5-13/h4-7,10-12H,8-9H2,1-3H3,(H,22,26). The molecule has 0 fully saturated rings. The molecule has 5 nitrogen and oxygen atoms in total. The molecule has 1 aromatic carbocycles. The molecule has 3 aromatic rings. The molecule has 0 saturated heterocycles. The molecule has 1 N–H and O–H groups in total. The molecule has 0 bridgehead atoms. The van der Waals surface area contributed by atoms with Crippen molar-refractivity contribution in [1.82, 2.24) is 20.3 Å². The summed E-state index contributed by atoms with van der Waals surface area (Å²) in [4.78, 5) is 25.4. The summed E-state index contributed by atoms with van der Waals surface area (Å²) < 4.78 is 0. The molecule has 3 rings (SSSR count). The molecule has 0 aliphatic heterocycles. The molecular formula is C20H21ClN4OS. The Morgan fingerprint density at radius 2 is 1.81 bits per heavy atom. The van der Waals surface area contributed by atoms with E-state index in [0.29, 0.717) is 29.4 Å². The number of carbonyl (C=O) groups excluding carboxylic acids is 1. The number of aromatic nitrogens is 3. The molecule has 0 atom stereocenters. The molecule has 0 saturated carbocycles. The van der Waals surface area contributed by atoms with Gasteiger partial charge in [0.1, 0.15) is 0 Å². The Bertz CT molecular complexity index is 914. The lowest BCUT2D eigenvalue weighted by atomic mass is 9.93. The topological polar surface area (TPSA) is 67.8 Å².